The number of benzene rings is 2. The minimum atomic E-state index is -0.243. The van der Waals surface area contributed by atoms with Crippen LogP contribution < -0.4 is 15.4 Å². The fraction of sp³-hybridized carbons (Fsp3) is 0.385. The number of nitrogens with one attached hydrogen (secondary N) is 2. The zero-order valence-corrected chi connectivity index (χ0v) is 21.7. The van der Waals surface area contributed by atoms with Gasteiger partial charge in [-0.1, -0.05) is 62.9 Å². The zero-order chi connectivity index (χ0) is 25.4. The summed E-state index contributed by atoms with van der Waals surface area (Å²) in [6, 6.07) is 13.8. The van der Waals surface area contributed by atoms with Gasteiger partial charge in [-0.3, -0.25) is 9.59 Å². The number of thioether (sulfide) groups is 1. The Balaban J connectivity index is 1.48. The van der Waals surface area contributed by atoms with E-state index >= 15 is 0 Å². The van der Waals surface area contributed by atoms with Crippen LogP contribution in [0.15, 0.2) is 47.6 Å². The van der Waals surface area contributed by atoms with E-state index in [0.717, 1.165) is 34.5 Å². The molecule has 0 fully saturated rings. The first-order valence-corrected chi connectivity index (χ1v) is 12.7. The van der Waals surface area contributed by atoms with E-state index in [1.165, 1.54) is 11.8 Å². The lowest BCUT2D eigenvalue weighted by molar-refractivity contribution is -0.123. The Labute approximate surface area is 210 Å². The van der Waals surface area contributed by atoms with Gasteiger partial charge in [0.1, 0.15) is 5.75 Å². The van der Waals surface area contributed by atoms with Crippen LogP contribution in [0, 0.1) is 6.92 Å². The van der Waals surface area contributed by atoms with E-state index in [1.807, 2.05) is 56.4 Å². The summed E-state index contributed by atoms with van der Waals surface area (Å²) in [6.07, 6.45) is 0.844. The lowest BCUT2D eigenvalue weighted by atomic mass is 10.0. The van der Waals surface area contributed by atoms with E-state index < -0.39 is 0 Å². The predicted octanol–water partition coefficient (Wildman–Crippen LogP) is 4.24. The lowest BCUT2D eigenvalue weighted by Crippen LogP contribution is -2.29. The molecule has 0 bridgehead atoms. The Morgan fingerprint density at radius 2 is 1.89 bits per heavy atom. The molecule has 0 saturated carbocycles. The molecule has 2 amide bonds. The second-order valence-electron chi connectivity index (χ2n) is 8.57. The van der Waals surface area contributed by atoms with Gasteiger partial charge in [-0.2, -0.15) is 0 Å². The lowest BCUT2D eigenvalue weighted by Gasteiger charge is -2.14. The first-order chi connectivity index (χ1) is 16.8. The normalized spacial score (nSPS) is 10.9. The van der Waals surface area contributed by atoms with Crippen molar-refractivity contribution < 1.29 is 14.3 Å². The number of aromatic nitrogens is 3. The zero-order valence-electron chi connectivity index (χ0n) is 20.9. The smallest absolute Gasteiger partial charge is 0.258 e. The Morgan fingerprint density at radius 3 is 2.63 bits per heavy atom. The molecule has 0 spiro atoms. The van der Waals surface area contributed by atoms with Gasteiger partial charge < -0.3 is 19.9 Å². The van der Waals surface area contributed by atoms with Crippen LogP contribution >= 0.6 is 11.8 Å². The molecule has 1 heterocycles. The number of ether oxygens (including phenoxy) is 1. The maximum atomic E-state index is 12.4. The molecule has 0 aliphatic carbocycles. The SMILES string of the molecule is CCc1ccccc1NC(=O)CSc1nnc(CNC(=O)COc2cc(C)ccc2C(C)C)n1C. The molecule has 1 aromatic heterocycles. The van der Waals surface area contributed by atoms with Gasteiger partial charge in [0, 0.05) is 12.7 Å². The van der Waals surface area contributed by atoms with Crippen molar-refractivity contribution in [2.24, 2.45) is 7.05 Å². The number of hydrogen-bond donors (Lipinski definition) is 2. The van der Waals surface area contributed by atoms with Gasteiger partial charge in [0.05, 0.1) is 12.3 Å². The van der Waals surface area contributed by atoms with Crippen LogP contribution in [0.4, 0.5) is 5.69 Å². The fourth-order valence-electron chi connectivity index (χ4n) is 3.51. The summed E-state index contributed by atoms with van der Waals surface area (Å²) < 4.78 is 7.57. The van der Waals surface area contributed by atoms with E-state index in [0.29, 0.717) is 16.9 Å². The quantitative estimate of drug-likeness (QED) is 0.386. The number of nitrogens with zero attached hydrogens (tertiary/aromatic N) is 3. The molecule has 186 valence electrons. The second kappa shape index (κ2) is 12.4. The van der Waals surface area contributed by atoms with Crippen molar-refractivity contribution in [1.29, 1.82) is 0 Å². The fourth-order valence-corrected chi connectivity index (χ4v) is 4.24. The summed E-state index contributed by atoms with van der Waals surface area (Å²) in [4.78, 5) is 24.8. The monoisotopic (exact) mass is 495 g/mol. The summed E-state index contributed by atoms with van der Waals surface area (Å²) >= 11 is 1.30. The number of anilines is 1. The Kier molecular flexibility index (Phi) is 9.31. The topological polar surface area (TPSA) is 98.1 Å². The summed E-state index contributed by atoms with van der Waals surface area (Å²) in [7, 11) is 1.81. The van der Waals surface area contributed by atoms with Crippen molar-refractivity contribution >= 4 is 29.3 Å². The van der Waals surface area contributed by atoms with E-state index in [2.05, 4.69) is 41.6 Å². The predicted molar refractivity (Wildman–Crippen MR) is 139 cm³/mol. The number of carbonyl (C=O) groups is 2. The molecule has 3 aromatic rings. The number of carbonyl (C=O) groups excluding carboxylic acids is 2. The molecule has 2 N–H and O–H groups in total. The first kappa shape index (κ1) is 26.3. The highest BCUT2D eigenvalue weighted by Crippen LogP contribution is 2.27. The van der Waals surface area contributed by atoms with Crippen molar-refractivity contribution in [1.82, 2.24) is 20.1 Å². The van der Waals surface area contributed by atoms with Crippen LogP contribution in [-0.2, 0) is 29.6 Å². The van der Waals surface area contributed by atoms with E-state index in [4.69, 9.17) is 4.74 Å². The number of amides is 2. The van der Waals surface area contributed by atoms with Gasteiger partial charge in [0.25, 0.3) is 5.91 Å². The molecule has 35 heavy (non-hydrogen) atoms. The average molecular weight is 496 g/mol. The molecule has 0 unspecified atom stereocenters. The van der Waals surface area contributed by atoms with Gasteiger partial charge in [-0.25, -0.2) is 0 Å². The molecule has 0 saturated heterocycles. The van der Waals surface area contributed by atoms with Gasteiger partial charge in [-0.05, 0) is 48.1 Å². The van der Waals surface area contributed by atoms with E-state index in [1.54, 1.807) is 4.57 Å². The molecule has 0 radical (unpaired) electrons. The van der Waals surface area contributed by atoms with Gasteiger partial charge in [-0.15, -0.1) is 10.2 Å². The highest BCUT2D eigenvalue weighted by atomic mass is 32.2. The number of rotatable bonds is 11. The number of hydrogen-bond acceptors (Lipinski definition) is 6. The third kappa shape index (κ3) is 7.32. The van der Waals surface area contributed by atoms with Crippen LogP contribution in [0.5, 0.6) is 5.75 Å². The molecule has 2 aromatic carbocycles. The largest absolute Gasteiger partial charge is 0.483 e. The third-order valence-electron chi connectivity index (χ3n) is 5.52. The molecular formula is C26H33N5O3S. The molecule has 0 aliphatic heterocycles. The molecule has 3 rings (SSSR count). The van der Waals surface area contributed by atoms with Crippen molar-refractivity contribution in [3.63, 3.8) is 0 Å². The number of para-hydroxylation sites is 1. The summed E-state index contributed by atoms with van der Waals surface area (Å²) in [5, 5.41) is 14.7. The van der Waals surface area contributed by atoms with Crippen molar-refractivity contribution in [3.8, 4) is 5.75 Å². The average Bonchev–Trinajstić information content (AvgIpc) is 3.19. The minimum absolute atomic E-state index is 0.0813. The molecule has 0 aliphatic rings. The maximum absolute atomic E-state index is 12.4. The van der Waals surface area contributed by atoms with Crippen LogP contribution in [0.2, 0.25) is 0 Å². The van der Waals surface area contributed by atoms with Crippen LogP contribution in [-0.4, -0.2) is 38.9 Å². The van der Waals surface area contributed by atoms with Gasteiger partial charge in [0.15, 0.2) is 17.6 Å². The van der Waals surface area contributed by atoms with Crippen molar-refractivity contribution in [2.45, 2.75) is 51.7 Å². The van der Waals surface area contributed by atoms with E-state index in [-0.39, 0.29) is 30.7 Å². The van der Waals surface area contributed by atoms with Gasteiger partial charge >= 0.3 is 0 Å². The summed E-state index contributed by atoms with van der Waals surface area (Å²) in [6.45, 7) is 8.37. The Hall–Kier alpha value is -3.33. The van der Waals surface area contributed by atoms with Crippen LogP contribution in [0.1, 0.15) is 49.2 Å². The van der Waals surface area contributed by atoms with Crippen molar-refractivity contribution in [2.75, 3.05) is 17.7 Å². The van der Waals surface area contributed by atoms with Gasteiger partial charge in [0.2, 0.25) is 5.91 Å². The van der Waals surface area contributed by atoms with E-state index in [9.17, 15) is 9.59 Å². The number of aryl methyl sites for hydroxylation is 2. The van der Waals surface area contributed by atoms with Crippen LogP contribution in [0.3, 0.4) is 0 Å². The maximum Gasteiger partial charge on any atom is 0.258 e. The molecule has 9 heteroatoms. The summed E-state index contributed by atoms with van der Waals surface area (Å²) in [5.41, 5.74) is 4.07. The molecular weight excluding hydrogens is 462 g/mol. The minimum Gasteiger partial charge on any atom is -0.483 e. The molecule has 0 atom stereocenters. The van der Waals surface area contributed by atoms with Crippen molar-refractivity contribution in [3.05, 3.63) is 65.0 Å². The Bertz CT molecular complexity index is 1180. The first-order valence-electron chi connectivity index (χ1n) is 11.7. The molecule has 8 nitrogen and oxygen atoms in total. The third-order valence-corrected chi connectivity index (χ3v) is 6.54. The second-order valence-corrected chi connectivity index (χ2v) is 9.51. The summed E-state index contributed by atoms with van der Waals surface area (Å²) in [5.74, 6) is 1.48. The Morgan fingerprint density at radius 1 is 1.11 bits per heavy atom. The highest BCUT2D eigenvalue weighted by Gasteiger charge is 2.14. The standard InChI is InChI=1S/C26H33N5O3S/c1-6-19-9-7-8-10-21(19)28-25(33)16-35-26-30-29-23(31(26)5)14-27-24(32)15-34-22-13-18(4)11-12-20(22)17(2)3/h7-13,17H,6,14-16H2,1-5H3,(H,27,32)(H,28,33). The van der Waals surface area contributed by atoms with Crippen LogP contribution in [0.25, 0.3) is 0 Å². The highest BCUT2D eigenvalue weighted by molar-refractivity contribution is 7.99.